The lowest BCUT2D eigenvalue weighted by Gasteiger charge is -2.31. The van der Waals surface area contributed by atoms with Gasteiger partial charge in [-0.3, -0.25) is 4.79 Å². The first kappa shape index (κ1) is 14.8. The molecule has 4 heteroatoms. The van der Waals surface area contributed by atoms with Gasteiger partial charge in [0.05, 0.1) is 13.0 Å². The second-order valence-corrected chi connectivity index (χ2v) is 5.35. The minimum absolute atomic E-state index is 0.124. The lowest BCUT2D eigenvalue weighted by atomic mass is 9.94. The molecule has 1 aromatic rings. The minimum Gasteiger partial charge on any atom is -0.493 e. The molecule has 0 N–H and O–H groups in total. The second-order valence-electron chi connectivity index (χ2n) is 5.35. The molecule has 1 aliphatic rings. The molecular formula is C16H22FNO2. The van der Waals surface area contributed by atoms with Gasteiger partial charge in [0, 0.05) is 13.1 Å². The van der Waals surface area contributed by atoms with Gasteiger partial charge in [0.1, 0.15) is 11.6 Å². The van der Waals surface area contributed by atoms with Crippen molar-refractivity contribution in [2.75, 3.05) is 13.7 Å². The zero-order valence-electron chi connectivity index (χ0n) is 12.0. The summed E-state index contributed by atoms with van der Waals surface area (Å²) in [6.45, 7) is 0.335. The summed E-state index contributed by atoms with van der Waals surface area (Å²) < 4.78 is 18.2. The topological polar surface area (TPSA) is 29.5 Å². The third kappa shape index (κ3) is 4.22. The van der Waals surface area contributed by atoms with E-state index < -0.39 is 0 Å². The summed E-state index contributed by atoms with van der Waals surface area (Å²) in [6, 6.07) is 6.24. The van der Waals surface area contributed by atoms with Gasteiger partial charge >= 0.3 is 0 Å². The number of carbonyl (C=O) groups is 1. The Bertz CT molecular complexity index is 427. The molecule has 3 nitrogen and oxygen atoms in total. The fraction of sp³-hybridized carbons (Fsp3) is 0.562. The summed E-state index contributed by atoms with van der Waals surface area (Å²) in [5.41, 5.74) is 0. The monoisotopic (exact) mass is 279 g/mol. The van der Waals surface area contributed by atoms with Gasteiger partial charge in [-0.25, -0.2) is 4.39 Å². The highest BCUT2D eigenvalue weighted by molar-refractivity contribution is 5.76. The molecule has 1 aliphatic carbocycles. The van der Waals surface area contributed by atoms with Crippen LogP contribution in [0, 0.1) is 5.82 Å². The number of rotatable bonds is 5. The molecule has 0 bridgehead atoms. The molecule has 1 saturated carbocycles. The van der Waals surface area contributed by atoms with Gasteiger partial charge in [-0.1, -0.05) is 19.3 Å². The maximum atomic E-state index is 12.7. The van der Waals surface area contributed by atoms with Crippen LogP contribution in [0.2, 0.25) is 0 Å². The third-order valence-electron chi connectivity index (χ3n) is 3.91. The van der Waals surface area contributed by atoms with E-state index in [2.05, 4.69) is 0 Å². The molecule has 1 aromatic carbocycles. The Morgan fingerprint density at radius 2 is 1.90 bits per heavy atom. The Morgan fingerprint density at radius 3 is 2.55 bits per heavy atom. The highest BCUT2D eigenvalue weighted by Crippen LogP contribution is 2.22. The van der Waals surface area contributed by atoms with Crippen molar-refractivity contribution in [1.82, 2.24) is 4.90 Å². The molecule has 20 heavy (non-hydrogen) atoms. The second kappa shape index (κ2) is 7.27. The molecule has 0 saturated heterocycles. The summed E-state index contributed by atoms with van der Waals surface area (Å²) >= 11 is 0. The SMILES string of the molecule is CN(C(=O)CCOc1ccc(F)cc1)C1CCCCC1. The lowest BCUT2D eigenvalue weighted by Crippen LogP contribution is -2.38. The van der Waals surface area contributed by atoms with Crippen LogP contribution in [0.4, 0.5) is 4.39 Å². The van der Waals surface area contributed by atoms with Gasteiger partial charge in [-0.2, -0.15) is 0 Å². The lowest BCUT2D eigenvalue weighted by molar-refractivity contribution is -0.133. The Kier molecular flexibility index (Phi) is 5.39. The van der Waals surface area contributed by atoms with Crippen LogP contribution in [-0.4, -0.2) is 30.5 Å². The van der Waals surface area contributed by atoms with Crippen molar-refractivity contribution >= 4 is 5.91 Å². The molecule has 0 aromatic heterocycles. The van der Waals surface area contributed by atoms with E-state index in [9.17, 15) is 9.18 Å². The standard InChI is InChI=1S/C16H22FNO2/c1-18(14-5-3-2-4-6-14)16(19)11-12-20-15-9-7-13(17)8-10-15/h7-10,14H,2-6,11-12H2,1H3. The highest BCUT2D eigenvalue weighted by Gasteiger charge is 2.21. The molecule has 0 unspecified atom stereocenters. The number of ether oxygens (including phenoxy) is 1. The van der Waals surface area contributed by atoms with Crippen LogP contribution in [0.3, 0.4) is 0 Å². The van der Waals surface area contributed by atoms with Crippen molar-refractivity contribution < 1.29 is 13.9 Å². The van der Waals surface area contributed by atoms with Crippen LogP contribution in [0.15, 0.2) is 24.3 Å². The molecule has 0 heterocycles. The number of hydrogen-bond donors (Lipinski definition) is 0. The molecule has 2 rings (SSSR count). The normalized spacial score (nSPS) is 15.9. The van der Waals surface area contributed by atoms with Gasteiger partial charge < -0.3 is 9.64 Å². The van der Waals surface area contributed by atoms with Crippen molar-refractivity contribution in [3.8, 4) is 5.75 Å². The zero-order valence-corrected chi connectivity index (χ0v) is 12.0. The maximum absolute atomic E-state index is 12.7. The fourth-order valence-electron chi connectivity index (χ4n) is 2.64. The predicted octanol–water partition coefficient (Wildman–Crippen LogP) is 3.39. The number of halogens is 1. The molecule has 0 atom stereocenters. The quantitative estimate of drug-likeness (QED) is 0.827. The first-order valence-corrected chi connectivity index (χ1v) is 7.31. The molecule has 110 valence electrons. The zero-order chi connectivity index (χ0) is 14.4. The summed E-state index contributed by atoms with van der Waals surface area (Å²) in [4.78, 5) is 13.9. The van der Waals surface area contributed by atoms with Crippen LogP contribution < -0.4 is 4.74 Å². The van der Waals surface area contributed by atoms with E-state index in [0.29, 0.717) is 24.8 Å². The predicted molar refractivity (Wildman–Crippen MR) is 76.2 cm³/mol. The Hall–Kier alpha value is -1.58. The summed E-state index contributed by atoms with van der Waals surface area (Å²) in [5, 5.41) is 0. The van der Waals surface area contributed by atoms with E-state index in [-0.39, 0.29) is 11.7 Å². The summed E-state index contributed by atoms with van der Waals surface area (Å²) in [6.07, 6.45) is 6.31. The third-order valence-corrected chi connectivity index (χ3v) is 3.91. The smallest absolute Gasteiger partial charge is 0.225 e. The van der Waals surface area contributed by atoms with E-state index in [0.717, 1.165) is 12.8 Å². The highest BCUT2D eigenvalue weighted by atomic mass is 19.1. The first-order chi connectivity index (χ1) is 9.66. The van der Waals surface area contributed by atoms with Crippen molar-refractivity contribution in [3.05, 3.63) is 30.1 Å². The maximum Gasteiger partial charge on any atom is 0.225 e. The van der Waals surface area contributed by atoms with Gasteiger partial charge in [0.25, 0.3) is 0 Å². The van der Waals surface area contributed by atoms with Crippen molar-refractivity contribution in [3.63, 3.8) is 0 Å². The Labute approximate surface area is 119 Å². The molecule has 0 radical (unpaired) electrons. The largest absolute Gasteiger partial charge is 0.493 e. The van der Waals surface area contributed by atoms with Crippen molar-refractivity contribution in [1.29, 1.82) is 0 Å². The van der Waals surface area contributed by atoms with Crippen LogP contribution in [0.25, 0.3) is 0 Å². The van der Waals surface area contributed by atoms with E-state index in [1.807, 2.05) is 11.9 Å². The summed E-state index contributed by atoms with van der Waals surface area (Å²) in [7, 11) is 1.89. The van der Waals surface area contributed by atoms with E-state index in [1.54, 1.807) is 12.1 Å². The van der Waals surface area contributed by atoms with Crippen LogP contribution in [0.5, 0.6) is 5.75 Å². The Balaban J connectivity index is 1.72. The minimum atomic E-state index is -0.287. The van der Waals surface area contributed by atoms with Crippen LogP contribution >= 0.6 is 0 Å². The number of amides is 1. The first-order valence-electron chi connectivity index (χ1n) is 7.31. The van der Waals surface area contributed by atoms with E-state index in [1.165, 1.54) is 31.4 Å². The van der Waals surface area contributed by atoms with Gasteiger partial charge in [0.15, 0.2) is 0 Å². The van der Waals surface area contributed by atoms with Crippen molar-refractivity contribution in [2.24, 2.45) is 0 Å². The van der Waals surface area contributed by atoms with Crippen molar-refractivity contribution in [2.45, 2.75) is 44.6 Å². The summed E-state index contributed by atoms with van der Waals surface area (Å²) in [5.74, 6) is 0.434. The average Bonchev–Trinajstić information content (AvgIpc) is 2.49. The van der Waals surface area contributed by atoms with Gasteiger partial charge in [-0.05, 0) is 37.1 Å². The van der Waals surface area contributed by atoms with E-state index in [4.69, 9.17) is 4.74 Å². The van der Waals surface area contributed by atoms with Gasteiger partial charge in [-0.15, -0.1) is 0 Å². The molecular weight excluding hydrogens is 257 g/mol. The number of benzene rings is 1. The number of hydrogen-bond acceptors (Lipinski definition) is 2. The van der Waals surface area contributed by atoms with Gasteiger partial charge in [0.2, 0.25) is 5.91 Å². The average molecular weight is 279 g/mol. The molecule has 0 spiro atoms. The molecule has 1 amide bonds. The Morgan fingerprint density at radius 1 is 1.25 bits per heavy atom. The molecule has 0 aliphatic heterocycles. The fourth-order valence-corrected chi connectivity index (χ4v) is 2.64. The van der Waals surface area contributed by atoms with Crippen LogP contribution in [-0.2, 0) is 4.79 Å². The van der Waals surface area contributed by atoms with Crippen LogP contribution in [0.1, 0.15) is 38.5 Å². The number of carbonyl (C=O) groups excluding carboxylic acids is 1. The number of nitrogens with zero attached hydrogens (tertiary/aromatic N) is 1. The molecule has 1 fully saturated rings. The van der Waals surface area contributed by atoms with E-state index >= 15 is 0 Å².